The zero-order chi connectivity index (χ0) is 31.8. The van der Waals surface area contributed by atoms with Crippen molar-refractivity contribution in [1.29, 1.82) is 0 Å². The summed E-state index contributed by atoms with van der Waals surface area (Å²) in [5.74, 6) is -1.00. The molecule has 10 nitrogen and oxygen atoms in total. The van der Waals surface area contributed by atoms with Crippen molar-refractivity contribution in [3.05, 3.63) is 42.5 Å². The molecule has 1 aromatic carbocycles. The molecule has 0 saturated carbocycles. The van der Waals surface area contributed by atoms with Gasteiger partial charge in [-0.15, -0.1) is 0 Å². The molecule has 4 atom stereocenters. The molecule has 2 aromatic heterocycles. The average Bonchev–Trinajstić information content (AvgIpc) is 3.47. The minimum atomic E-state index is -2.81. The molecule has 3 aromatic rings. The zero-order valence-corrected chi connectivity index (χ0v) is 29.3. The van der Waals surface area contributed by atoms with Crippen LogP contribution in [-0.2, 0) is 18.0 Å². The fourth-order valence-electron chi connectivity index (χ4n) is 6.24. The largest absolute Gasteiger partial charge is 0.478 e. The molecule has 4 heterocycles. The summed E-state index contributed by atoms with van der Waals surface area (Å²) in [4.78, 5) is 25.5. The number of imidazole rings is 1. The molecule has 2 saturated heterocycles. The molecule has 0 unspecified atom stereocenters. The van der Waals surface area contributed by atoms with Crippen molar-refractivity contribution in [3.8, 4) is 11.3 Å². The first-order valence-corrected chi connectivity index (χ1v) is 19.7. The molecule has 0 aliphatic carbocycles. The Hall–Kier alpha value is -2.49. The fourth-order valence-corrected chi connectivity index (χ4v) is 12.5. The molecule has 12 heteroatoms. The van der Waals surface area contributed by atoms with E-state index in [0.717, 1.165) is 0 Å². The summed E-state index contributed by atoms with van der Waals surface area (Å²) in [7, 11) is -5.11. The second-order valence-corrected chi connectivity index (χ2v) is 24.9. The lowest BCUT2D eigenvalue weighted by molar-refractivity contribution is -0.0795. The van der Waals surface area contributed by atoms with Gasteiger partial charge in [-0.05, 0) is 30.3 Å². The van der Waals surface area contributed by atoms with E-state index in [9.17, 15) is 9.90 Å². The van der Waals surface area contributed by atoms with E-state index in [-0.39, 0.29) is 32.9 Å². The maximum Gasteiger partial charge on any atom is 0.349 e. The van der Waals surface area contributed by atoms with Crippen LogP contribution in [0.25, 0.3) is 22.4 Å². The Kier molecular flexibility index (Phi) is 7.84. The van der Waals surface area contributed by atoms with E-state index < -0.39 is 35.2 Å². The quantitative estimate of drug-likeness (QED) is 0.301. The Bertz CT molecular complexity index is 1510. The summed E-state index contributed by atoms with van der Waals surface area (Å²) in [5, 5.41) is 9.12. The highest BCUT2D eigenvalue weighted by atomic mass is 28.4. The van der Waals surface area contributed by atoms with E-state index in [2.05, 4.69) is 85.4 Å². The van der Waals surface area contributed by atoms with Gasteiger partial charge in [0.25, 0.3) is 0 Å². The van der Waals surface area contributed by atoms with Crippen LogP contribution < -0.4 is 0 Å². The van der Waals surface area contributed by atoms with Gasteiger partial charge in [-0.3, -0.25) is 4.57 Å². The summed E-state index contributed by atoms with van der Waals surface area (Å²) < 4.78 is 29.9. The van der Waals surface area contributed by atoms with E-state index in [1.54, 1.807) is 24.5 Å². The number of hydrogen-bond acceptors (Lipinski definition) is 8. The number of carboxylic acids is 1. The zero-order valence-electron chi connectivity index (χ0n) is 27.3. The predicted molar refractivity (Wildman–Crippen MR) is 170 cm³/mol. The van der Waals surface area contributed by atoms with Crippen LogP contribution in [0.3, 0.4) is 0 Å². The number of fused-ring (bicyclic) bond motifs is 2. The van der Waals surface area contributed by atoms with Crippen LogP contribution in [0.5, 0.6) is 0 Å². The van der Waals surface area contributed by atoms with Gasteiger partial charge in [0.05, 0.1) is 18.5 Å². The van der Waals surface area contributed by atoms with Gasteiger partial charge in [0, 0.05) is 15.6 Å². The monoisotopic (exact) mass is 626 g/mol. The molecule has 0 bridgehead atoms. The first kappa shape index (κ1) is 31.9. The Morgan fingerprint density at radius 1 is 1.05 bits per heavy atom. The molecule has 0 amide bonds. The lowest BCUT2D eigenvalue weighted by Gasteiger charge is -2.54. The standard InChI is InChI=1S/C31H46N4O6Si2/c1-29(2,3)42(10,11)40-25-24-21(16-38-43(41-24,30(4,5)6)31(7,8)9)39-27(25)35-18-34-23-22(32-17-33-26(23)35)19-13-12-14-20(15-19)28(36)37/h12-15,17-18,21,24-25,27H,16H2,1-11H3,(H,36,37)/t21-,24+,25-,27-/m1/s1. The molecule has 2 fully saturated rings. The van der Waals surface area contributed by atoms with E-state index in [1.807, 2.05) is 10.6 Å². The van der Waals surface area contributed by atoms with E-state index in [1.165, 1.54) is 6.33 Å². The number of carboxylic acid groups (broad SMARTS) is 1. The number of nitrogens with zero attached hydrogens (tertiary/aromatic N) is 4. The molecule has 234 valence electrons. The Morgan fingerprint density at radius 3 is 2.33 bits per heavy atom. The summed E-state index contributed by atoms with van der Waals surface area (Å²) in [6.45, 7) is 24.9. The highest BCUT2D eigenvalue weighted by Gasteiger charge is 2.66. The molecule has 0 spiro atoms. The van der Waals surface area contributed by atoms with Gasteiger partial charge in [-0.1, -0.05) is 74.4 Å². The normalized spacial score (nSPS) is 24.7. The highest BCUT2D eigenvalue weighted by Crippen LogP contribution is 2.56. The average molecular weight is 627 g/mol. The molecular weight excluding hydrogens is 581 g/mol. The van der Waals surface area contributed by atoms with Crippen molar-refractivity contribution in [1.82, 2.24) is 19.5 Å². The van der Waals surface area contributed by atoms with Gasteiger partial charge in [0.1, 0.15) is 35.8 Å². The lowest BCUT2D eigenvalue weighted by Crippen LogP contribution is -2.66. The summed E-state index contributed by atoms with van der Waals surface area (Å²) in [6, 6.07) is 6.68. The number of rotatable bonds is 5. The van der Waals surface area contributed by atoms with Crippen molar-refractivity contribution >= 4 is 34.0 Å². The van der Waals surface area contributed by atoms with E-state index in [4.69, 9.17) is 23.0 Å². The Balaban J connectivity index is 1.61. The number of hydrogen-bond donors (Lipinski definition) is 1. The van der Waals surface area contributed by atoms with Crippen molar-refractivity contribution in [2.24, 2.45) is 0 Å². The van der Waals surface area contributed by atoms with E-state index in [0.29, 0.717) is 29.0 Å². The molecular formula is C31H46N4O6Si2. The maximum absolute atomic E-state index is 11.6. The molecule has 0 radical (unpaired) electrons. The number of carbonyl (C=O) groups is 1. The van der Waals surface area contributed by atoms with Crippen LogP contribution in [-0.4, -0.2) is 72.4 Å². The van der Waals surface area contributed by atoms with Gasteiger partial charge in [-0.25, -0.2) is 19.7 Å². The topological polar surface area (TPSA) is 118 Å². The van der Waals surface area contributed by atoms with Gasteiger partial charge < -0.3 is 23.1 Å². The minimum absolute atomic E-state index is 0.0368. The Labute approximate surface area is 256 Å². The molecule has 2 aliphatic heterocycles. The molecule has 43 heavy (non-hydrogen) atoms. The highest BCUT2D eigenvalue weighted by molar-refractivity contribution is 6.74. The van der Waals surface area contributed by atoms with Crippen LogP contribution in [0.2, 0.25) is 28.2 Å². The Morgan fingerprint density at radius 2 is 1.72 bits per heavy atom. The third kappa shape index (κ3) is 5.40. The van der Waals surface area contributed by atoms with Crippen molar-refractivity contribution < 1.29 is 27.9 Å². The second-order valence-electron chi connectivity index (χ2n) is 15.4. The first-order valence-electron chi connectivity index (χ1n) is 14.9. The number of ether oxygens (including phenoxy) is 1. The SMILES string of the molecule is CC(C)(C)[Si](C)(C)O[C@@H]1[C@H]2O[Si](C(C)(C)C)(C(C)(C)C)OC[C@H]2O[C@H]1n1cnc2c(-c3cccc(C(=O)O)c3)ncnc21. The van der Waals surface area contributed by atoms with Crippen LogP contribution in [0, 0.1) is 0 Å². The summed E-state index contributed by atoms with van der Waals surface area (Å²) >= 11 is 0. The van der Waals surface area contributed by atoms with Crippen LogP contribution in [0.15, 0.2) is 36.9 Å². The van der Waals surface area contributed by atoms with Crippen LogP contribution in [0.1, 0.15) is 78.9 Å². The lowest BCUT2D eigenvalue weighted by atomic mass is 10.1. The van der Waals surface area contributed by atoms with E-state index >= 15 is 0 Å². The van der Waals surface area contributed by atoms with Crippen molar-refractivity contribution in [2.45, 2.75) is 115 Å². The second kappa shape index (κ2) is 10.6. The summed E-state index contributed by atoms with van der Waals surface area (Å²) in [6.07, 6.45) is 1.56. The fraction of sp³-hybridized carbons (Fsp3) is 0.613. The maximum atomic E-state index is 11.6. The van der Waals surface area contributed by atoms with Gasteiger partial charge >= 0.3 is 14.5 Å². The smallest absolute Gasteiger partial charge is 0.349 e. The predicted octanol–water partition coefficient (Wildman–Crippen LogP) is 6.94. The van der Waals surface area contributed by atoms with Gasteiger partial charge in [-0.2, -0.15) is 0 Å². The third-order valence-electron chi connectivity index (χ3n) is 9.27. The molecule has 5 rings (SSSR count). The first-order chi connectivity index (χ1) is 19.8. The van der Waals surface area contributed by atoms with Gasteiger partial charge in [0.2, 0.25) is 0 Å². The molecule has 2 aliphatic rings. The molecule has 1 N–H and O–H groups in total. The van der Waals surface area contributed by atoms with Crippen LogP contribution in [0.4, 0.5) is 0 Å². The summed E-state index contributed by atoms with van der Waals surface area (Å²) in [5.41, 5.74) is 2.51. The number of aromatic nitrogens is 4. The van der Waals surface area contributed by atoms with Crippen molar-refractivity contribution in [2.75, 3.05) is 6.61 Å². The van der Waals surface area contributed by atoms with Gasteiger partial charge in [0.15, 0.2) is 20.2 Å². The van der Waals surface area contributed by atoms with Crippen molar-refractivity contribution in [3.63, 3.8) is 0 Å². The number of aromatic carboxylic acids is 1. The third-order valence-corrected chi connectivity index (χ3v) is 18.9. The van der Waals surface area contributed by atoms with Crippen LogP contribution >= 0.6 is 0 Å². The minimum Gasteiger partial charge on any atom is -0.478 e. The number of benzene rings is 1.